The summed E-state index contributed by atoms with van der Waals surface area (Å²) in [6.07, 6.45) is 0. The van der Waals surface area contributed by atoms with E-state index in [0.29, 0.717) is 10.3 Å². The normalized spacial score (nSPS) is 12.6. The van der Waals surface area contributed by atoms with Crippen LogP contribution in [0.2, 0.25) is 0 Å². The average molecular weight is 369 g/mol. The quantitative estimate of drug-likeness (QED) is 0.555. The summed E-state index contributed by atoms with van der Waals surface area (Å²) >= 11 is 2.81. The van der Waals surface area contributed by atoms with Gasteiger partial charge >= 0.3 is 0 Å². The monoisotopic (exact) mass is 369 g/mol. The lowest BCUT2D eigenvalue weighted by atomic mass is 10.2. The number of aryl methyl sites for hydroxylation is 1. The maximum atomic E-state index is 12.4. The molecule has 6 nitrogen and oxygen atoms in total. The zero-order chi connectivity index (χ0) is 17.4. The van der Waals surface area contributed by atoms with Crippen molar-refractivity contribution in [3.8, 4) is 0 Å². The fraction of sp³-hybridized carbons (Fsp3) is 0.176. The number of hydrogen-bond donors (Lipinski definition) is 1. The van der Waals surface area contributed by atoms with E-state index >= 15 is 0 Å². The van der Waals surface area contributed by atoms with Gasteiger partial charge in [0.1, 0.15) is 0 Å². The summed E-state index contributed by atoms with van der Waals surface area (Å²) in [5, 5.41) is 15.3. The molecule has 3 heterocycles. The molecule has 8 heteroatoms. The van der Waals surface area contributed by atoms with Crippen LogP contribution in [0.4, 0.5) is 5.13 Å². The van der Waals surface area contributed by atoms with Gasteiger partial charge in [0, 0.05) is 5.38 Å². The molecule has 126 valence electrons. The Morgan fingerprint density at radius 1 is 1.24 bits per heavy atom. The summed E-state index contributed by atoms with van der Waals surface area (Å²) in [6, 6.07) is 12.0. The van der Waals surface area contributed by atoms with Crippen LogP contribution in [0.15, 0.2) is 46.9 Å². The smallest absolute Gasteiger partial charge is 0.239 e. The minimum absolute atomic E-state index is 0.101. The van der Waals surface area contributed by atoms with E-state index in [2.05, 4.69) is 20.5 Å². The van der Waals surface area contributed by atoms with Crippen LogP contribution in [0, 0.1) is 6.92 Å². The predicted molar refractivity (Wildman–Crippen MR) is 101 cm³/mol. The van der Waals surface area contributed by atoms with Crippen LogP contribution in [0.3, 0.4) is 0 Å². The Hall–Kier alpha value is -2.45. The standard InChI is InChI=1S/C17H15N5OS2/c1-10-9-24-16(18-10)19-15(23)11(2)25-17-21-20-14-8-7-12-5-3-4-6-13(12)22(14)17/h3-9,11H,1-2H3,(H,18,19,23). The number of thioether (sulfide) groups is 1. The summed E-state index contributed by atoms with van der Waals surface area (Å²) in [5.41, 5.74) is 2.69. The number of fused-ring (bicyclic) bond motifs is 3. The molecule has 0 aliphatic carbocycles. The van der Waals surface area contributed by atoms with E-state index in [1.807, 2.05) is 60.0 Å². The minimum Gasteiger partial charge on any atom is -0.301 e. The van der Waals surface area contributed by atoms with Crippen LogP contribution in [0.25, 0.3) is 16.6 Å². The third-order valence-electron chi connectivity index (χ3n) is 3.75. The van der Waals surface area contributed by atoms with Crippen molar-refractivity contribution in [2.24, 2.45) is 0 Å². The third kappa shape index (κ3) is 3.10. The fourth-order valence-electron chi connectivity index (χ4n) is 2.52. The van der Waals surface area contributed by atoms with Crippen molar-refractivity contribution in [2.75, 3.05) is 5.32 Å². The van der Waals surface area contributed by atoms with Crippen molar-refractivity contribution in [3.63, 3.8) is 0 Å². The van der Waals surface area contributed by atoms with Gasteiger partial charge in [0.15, 0.2) is 15.9 Å². The predicted octanol–water partition coefficient (Wildman–Crippen LogP) is 3.77. The molecule has 1 atom stereocenters. The molecule has 1 N–H and O–H groups in total. The number of nitrogens with zero attached hydrogens (tertiary/aromatic N) is 4. The maximum absolute atomic E-state index is 12.4. The van der Waals surface area contributed by atoms with Crippen molar-refractivity contribution >= 4 is 50.7 Å². The number of carbonyl (C=O) groups excluding carboxylic acids is 1. The van der Waals surface area contributed by atoms with Crippen LogP contribution in [-0.2, 0) is 4.79 Å². The molecule has 4 aromatic rings. The molecule has 4 rings (SSSR count). The van der Waals surface area contributed by atoms with Crippen LogP contribution in [0.5, 0.6) is 0 Å². The van der Waals surface area contributed by atoms with E-state index in [1.165, 1.54) is 23.1 Å². The first-order valence-electron chi connectivity index (χ1n) is 7.74. The van der Waals surface area contributed by atoms with Crippen LogP contribution < -0.4 is 5.32 Å². The molecule has 0 radical (unpaired) electrons. The third-order valence-corrected chi connectivity index (χ3v) is 5.67. The maximum Gasteiger partial charge on any atom is 0.239 e. The Balaban J connectivity index is 1.61. The van der Waals surface area contributed by atoms with Crippen molar-refractivity contribution in [1.29, 1.82) is 0 Å². The second-order valence-corrected chi connectivity index (χ2v) is 7.78. The molecular weight excluding hydrogens is 354 g/mol. The van der Waals surface area contributed by atoms with Gasteiger partial charge in [-0.2, -0.15) is 0 Å². The molecule has 1 aromatic carbocycles. The summed E-state index contributed by atoms with van der Waals surface area (Å²) in [6.45, 7) is 3.75. The number of carbonyl (C=O) groups is 1. The van der Waals surface area contributed by atoms with Gasteiger partial charge in [-0.3, -0.25) is 9.20 Å². The average Bonchev–Trinajstić information content (AvgIpc) is 3.21. The minimum atomic E-state index is -0.324. The van der Waals surface area contributed by atoms with Gasteiger partial charge in [-0.25, -0.2) is 4.98 Å². The largest absolute Gasteiger partial charge is 0.301 e. The Kier molecular flexibility index (Phi) is 4.14. The van der Waals surface area contributed by atoms with Crippen LogP contribution in [-0.4, -0.2) is 30.7 Å². The number of hydrogen-bond acceptors (Lipinski definition) is 6. The topological polar surface area (TPSA) is 72.2 Å². The highest BCUT2D eigenvalue weighted by atomic mass is 32.2. The second kappa shape index (κ2) is 6.45. The highest BCUT2D eigenvalue weighted by molar-refractivity contribution is 8.00. The molecule has 0 aliphatic heterocycles. The lowest BCUT2D eigenvalue weighted by molar-refractivity contribution is -0.115. The first-order valence-corrected chi connectivity index (χ1v) is 9.50. The number of pyridine rings is 1. The Bertz CT molecular complexity index is 1070. The highest BCUT2D eigenvalue weighted by Gasteiger charge is 2.19. The number of anilines is 1. The van der Waals surface area contributed by atoms with Gasteiger partial charge in [0.2, 0.25) is 5.91 Å². The van der Waals surface area contributed by atoms with Gasteiger partial charge < -0.3 is 5.32 Å². The second-order valence-electron chi connectivity index (χ2n) is 5.61. The van der Waals surface area contributed by atoms with Gasteiger partial charge in [-0.1, -0.05) is 30.0 Å². The van der Waals surface area contributed by atoms with E-state index < -0.39 is 0 Å². The highest BCUT2D eigenvalue weighted by Crippen LogP contribution is 2.27. The van der Waals surface area contributed by atoms with E-state index in [1.54, 1.807) is 0 Å². The van der Waals surface area contributed by atoms with Crippen LogP contribution >= 0.6 is 23.1 Å². The molecule has 3 aromatic heterocycles. The first kappa shape index (κ1) is 16.0. The number of para-hydroxylation sites is 1. The zero-order valence-corrected chi connectivity index (χ0v) is 15.3. The Labute approximate surface area is 152 Å². The SMILES string of the molecule is Cc1csc(NC(=O)C(C)Sc2nnc3ccc4ccccc4n23)n1. The zero-order valence-electron chi connectivity index (χ0n) is 13.6. The molecule has 0 spiro atoms. The summed E-state index contributed by atoms with van der Waals surface area (Å²) in [4.78, 5) is 16.7. The van der Waals surface area contributed by atoms with Crippen molar-refractivity contribution < 1.29 is 4.79 Å². The summed E-state index contributed by atoms with van der Waals surface area (Å²) < 4.78 is 1.98. The number of nitrogens with one attached hydrogen (secondary N) is 1. The molecule has 0 bridgehead atoms. The van der Waals surface area contributed by atoms with Crippen molar-refractivity contribution in [3.05, 3.63) is 47.5 Å². The number of amides is 1. The number of rotatable bonds is 4. The molecule has 0 fully saturated rings. The molecule has 1 amide bonds. The molecule has 0 saturated heterocycles. The fourth-order valence-corrected chi connectivity index (χ4v) is 4.08. The van der Waals surface area contributed by atoms with Crippen molar-refractivity contribution in [1.82, 2.24) is 19.6 Å². The van der Waals surface area contributed by atoms with E-state index in [9.17, 15) is 4.79 Å². The Morgan fingerprint density at radius 3 is 2.88 bits per heavy atom. The van der Waals surface area contributed by atoms with Crippen LogP contribution in [0.1, 0.15) is 12.6 Å². The van der Waals surface area contributed by atoms with Gasteiger partial charge in [0.05, 0.1) is 16.5 Å². The lowest BCUT2D eigenvalue weighted by Gasteiger charge is -2.10. The Morgan fingerprint density at radius 2 is 2.08 bits per heavy atom. The number of thiazole rings is 1. The van der Waals surface area contributed by atoms with Crippen molar-refractivity contribution in [2.45, 2.75) is 24.3 Å². The number of aromatic nitrogens is 4. The summed E-state index contributed by atoms with van der Waals surface area (Å²) in [7, 11) is 0. The molecule has 25 heavy (non-hydrogen) atoms. The van der Waals surface area contributed by atoms with E-state index in [-0.39, 0.29) is 11.2 Å². The molecule has 0 saturated carbocycles. The lowest BCUT2D eigenvalue weighted by Crippen LogP contribution is -2.22. The van der Waals surface area contributed by atoms with E-state index in [0.717, 1.165) is 22.2 Å². The molecule has 1 unspecified atom stereocenters. The molecule has 0 aliphatic rings. The van der Waals surface area contributed by atoms with Gasteiger partial charge in [-0.15, -0.1) is 21.5 Å². The molecular formula is C17H15N5OS2. The number of benzene rings is 1. The van der Waals surface area contributed by atoms with E-state index in [4.69, 9.17) is 0 Å². The van der Waals surface area contributed by atoms with Gasteiger partial charge in [0.25, 0.3) is 0 Å². The summed E-state index contributed by atoms with van der Waals surface area (Å²) in [5.74, 6) is -0.101. The van der Waals surface area contributed by atoms with Gasteiger partial charge in [-0.05, 0) is 37.4 Å². The first-order chi connectivity index (χ1) is 12.1.